The van der Waals surface area contributed by atoms with Crippen molar-refractivity contribution in [3.05, 3.63) is 17.0 Å². The van der Waals surface area contributed by atoms with E-state index in [-0.39, 0.29) is 36.0 Å². The summed E-state index contributed by atoms with van der Waals surface area (Å²) in [5, 5.41) is 4.27. The van der Waals surface area contributed by atoms with Crippen LogP contribution in [0, 0.1) is 0 Å². The van der Waals surface area contributed by atoms with E-state index >= 15 is 0 Å². The van der Waals surface area contributed by atoms with Gasteiger partial charge in [-0.2, -0.15) is 9.19 Å². The Hall–Kier alpha value is -1.81. The van der Waals surface area contributed by atoms with Crippen molar-refractivity contribution in [1.29, 1.82) is 0 Å². The number of carbonyl (C=O) groups excluding carboxylic acids is 2. The fourth-order valence-electron chi connectivity index (χ4n) is 4.00. The zero-order valence-electron chi connectivity index (χ0n) is 17.1. The third-order valence-corrected chi connectivity index (χ3v) is 6.06. The van der Waals surface area contributed by atoms with Crippen LogP contribution in [0.1, 0.15) is 61.8 Å². The summed E-state index contributed by atoms with van der Waals surface area (Å²) in [7, 11) is 0. The summed E-state index contributed by atoms with van der Waals surface area (Å²) in [6.07, 6.45) is 2.55. The summed E-state index contributed by atoms with van der Waals surface area (Å²) < 4.78 is 25.8. The number of rotatable bonds is 2. The molecule has 1 aromatic rings. The van der Waals surface area contributed by atoms with Gasteiger partial charge in [-0.25, -0.2) is 4.79 Å². The minimum absolute atomic E-state index is 0.0170. The minimum Gasteiger partial charge on any atom is -0.444 e. The molecule has 10 heteroatoms. The molecule has 4 rings (SSSR count). The van der Waals surface area contributed by atoms with E-state index in [4.69, 9.17) is 9.47 Å². The Labute approximate surface area is 174 Å². The Morgan fingerprint density at radius 2 is 2.03 bits per heavy atom. The number of nitrogens with zero attached hydrogens (tertiary/aromatic N) is 4. The van der Waals surface area contributed by atoms with Gasteiger partial charge in [0.05, 0.1) is 24.4 Å². The predicted octanol–water partition coefficient (Wildman–Crippen LogP) is 2.95. The lowest BCUT2D eigenvalue weighted by atomic mass is 10.0. The van der Waals surface area contributed by atoms with Crippen LogP contribution in [0.25, 0.3) is 0 Å². The molecular formula is C19H27FN4O4S. The van der Waals surface area contributed by atoms with Crippen LogP contribution in [0.15, 0.2) is 0 Å². The number of ether oxygens (including phenoxy) is 2. The highest BCUT2D eigenvalue weighted by Crippen LogP contribution is 2.44. The van der Waals surface area contributed by atoms with Crippen molar-refractivity contribution in [3.8, 4) is 0 Å². The van der Waals surface area contributed by atoms with Crippen LogP contribution in [0.4, 0.5) is 8.68 Å². The van der Waals surface area contributed by atoms with Crippen LogP contribution in [0.2, 0.25) is 0 Å². The third-order valence-electron chi connectivity index (χ3n) is 5.63. The number of fused-ring (bicyclic) bond motifs is 1. The van der Waals surface area contributed by atoms with Crippen molar-refractivity contribution in [2.24, 2.45) is 0 Å². The number of amides is 2. The lowest BCUT2D eigenvalue weighted by Crippen LogP contribution is -2.45. The molecule has 0 N–H and O–H groups in total. The second kappa shape index (κ2) is 7.46. The normalized spacial score (nSPS) is 21.0. The van der Waals surface area contributed by atoms with Crippen molar-refractivity contribution in [1.82, 2.24) is 19.0 Å². The zero-order valence-corrected chi connectivity index (χ0v) is 17.9. The number of carbonyl (C=O) groups is 2. The summed E-state index contributed by atoms with van der Waals surface area (Å²) >= 11 is -0.0170. The summed E-state index contributed by atoms with van der Waals surface area (Å²) in [4.78, 5) is 29.4. The van der Waals surface area contributed by atoms with Crippen LogP contribution in [-0.4, -0.2) is 68.4 Å². The highest BCUT2D eigenvalue weighted by atomic mass is 32.2. The van der Waals surface area contributed by atoms with E-state index in [1.165, 1.54) is 4.09 Å². The van der Waals surface area contributed by atoms with Crippen molar-refractivity contribution < 1.29 is 22.9 Å². The van der Waals surface area contributed by atoms with Crippen molar-refractivity contribution >= 4 is 24.3 Å². The lowest BCUT2D eigenvalue weighted by Gasteiger charge is -2.31. The van der Waals surface area contributed by atoms with Gasteiger partial charge in [0, 0.05) is 31.7 Å². The van der Waals surface area contributed by atoms with Crippen LogP contribution in [-0.2, 0) is 22.4 Å². The van der Waals surface area contributed by atoms with Crippen LogP contribution >= 0.6 is 12.3 Å². The molecule has 2 amide bonds. The van der Waals surface area contributed by atoms with Crippen LogP contribution in [0.3, 0.4) is 0 Å². The second-order valence-corrected chi connectivity index (χ2v) is 9.44. The molecular weight excluding hydrogens is 399 g/mol. The maximum Gasteiger partial charge on any atom is 0.410 e. The molecule has 1 aliphatic carbocycles. The molecule has 0 radical (unpaired) electrons. The molecule has 3 heterocycles. The van der Waals surface area contributed by atoms with Gasteiger partial charge >= 0.3 is 6.09 Å². The molecule has 2 aliphatic heterocycles. The Morgan fingerprint density at radius 1 is 1.28 bits per heavy atom. The monoisotopic (exact) mass is 426 g/mol. The van der Waals surface area contributed by atoms with E-state index in [9.17, 15) is 13.5 Å². The van der Waals surface area contributed by atoms with Gasteiger partial charge in [-0.05, 0) is 40.0 Å². The molecule has 0 atom stereocenters. The molecule has 0 unspecified atom stereocenters. The first kappa shape index (κ1) is 20.5. The predicted molar refractivity (Wildman–Crippen MR) is 105 cm³/mol. The summed E-state index contributed by atoms with van der Waals surface area (Å²) in [6, 6.07) is 0. The van der Waals surface area contributed by atoms with Gasteiger partial charge in [0.1, 0.15) is 5.60 Å². The van der Waals surface area contributed by atoms with E-state index < -0.39 is 11.7 Å². The number of aromatic nitrogens is 2. The van der Waals surface area contributed by atoms with Crippen LogP contribution < -0.4 is 0 Å². The average molecular weight is 427 g/mol. The fourth-order valence-corrected chi connectivity index (χ4v) is 4.40. The molecule has 1 saturated carbocycles. The van der Waals surface area contributed by atoms with Gasteiger partial charge in [0.15, 0.2) is 18.0 Å². The maximum absolute atomic E-state index is 13.5. The van der Waals surface area contributed by atoms with Crippen molar-refractivity contribution in [2.75, 3.05) is 26.3 Å². The largest absolute Gasteiger partial charge is 0.444 e. The van der Waals surface area contributed by atoms with E-state index in [1.54, 1.807) is 4.90 Å². The molecule has 3 aliphatic rings. The Bertz CT molecular complexity index is 818. The minimum atomic E-state index is -0.612. The SMILES string of the molecule is CC(C)(C)OC(=O)N1CCc2c(c(C(=O)N3CCCOCC34CC4)nn2SF)C1. The molecule has 2 fully saturated rings. The summed E-state index contributed by atoms with van der Waals surface area (Å²) in [5.74, 6) is -0.205. The van der Waals surface area contributed by atoms with E-state index in [2.05, 4.69) is 5.10 Å². The van der Waals surface area contributed by atoms with Gasteiger partial charge < -0.3 is 19.3 Å². The molecule has 29 heavy (non-hydrogen) atoms. The highest BCUT2D eigenvalue weighted by molar-refractivity contribution is 7.92. The molecule has 1 saturated heterocycles. The van der Waals surface area contributed by atoms with Gasteiger partial charge in [-0.1, -0.05) is 0 Å². The van der Waals surface area contributed by atoms with E-state index in [0.29, 0.717) is 44.0 Å². The molecule has 1 aromatic heterocycles. The first-order valence-electron chi connectivity index (χ1n) is 10.0. The smallest absolute Gasteiger partial charge is 0.410 e. The van der Waals surface area contributed by atoms with E-state index in [1.807, 2.05) is 25.7 Å². The van der Waals surface area contributed by atoms with Gasteiger partial charge in [-0.15, -0.1) is 3.89 Å². The van der Waals surface area contributed by atoms with Crippen LogP contribution in [0.5, 0.6) is 0 Å². The van der Waals surface area contributed by atoms with Gasteiger partial charge in [0.25, 0.3) is 5.91 Å². The second-order valence-electron chi connectivity index (χ2n) is 8.95. The first-order chi connectivity index (χ1) is 13.7. The Morgan fingerprint density at radius 3 is 2.69 bits per heavy atom. The quantitative estimate of drug-likeness (QED) is 0.724. The highest BCUT2D eigenvalue weighted by Gasteiger charge is 2.52. The Balaban J connectivity index is 1.62. The van der Waals surface area contributed by atoms with Crippen molar-refractivity contribution in [3.63, 3.8) is 0 Å². The lowest BCUT2D eigenvalue weighted by molar-refractivity contribution is 0.0221. The van der Waals surface area contributed by atoms with Gasteiger partial charge in [-0.3, -0.25) is 4.79 Å². The van der Waals surface area contributed by atoms with Crippen molar-refractivity contribution in [2.45, 2.75) is 64.1 Å². The molecule has 0 bridgehead atoms. The molecule has 8 nitrogen and oxygen atoms in total. The number of halogens is 1. The summed E-state index contributed by atoms with van der Waals surface area (Å²) in [5.41, 5.74) is 0.618. The fraction of sp³-hybridized carbons (Fsp3) is 0.737. The van der Waals surface area contributed by atoms with E-state index in [0.717, 1.165) is 19.3 Å². The number of hydrogen-bond acceptors (Lipinski definition) is 6. The average Bonchev–Trinajstić information content (AvgIpc) is 3.40. The Kier molecular flexibility index (Phi) is 5.27. The number of hydrogen-bond donors (Lipinski definition) is 0. The molecule has 1 spiro atoms. The zero-order chi connectivity index (χ0) is 20.8. The summed E-state index contributed by atoms with van der Waals surface area (Å²) in [6.45, 7) is 7.76. The third kappa shape index (κ3) is 3.96. The van der Waals surface area contributed by atoms with Gasteiger partial charge in [0.2, 0.25) is 0 Å². The topological polar surface area (TPSA) is 76.9 Å². The first-order valence-corrected chi connectivity index (χ1v) is 10.7. The molecule has 0 aromatic carbocycles. The standard InChI is InChI=1S/C19H27FN4O4S/c1-18(2,3)28-17(26)22-9-5-14-13(11-22)15(21-24(14)29-20)16(25)23-8-4-10-27-12-19(23)6-7-19/h4-12H2,1-3H3. The molecule has 160 valence electrons. The maximum atomic E-state index is 13.5.